The Kier molecular flexibility index (Phi) is 10.3. The molecule has 1 aliphatic rings. The highest BCUT2D eigenvalue weighted by atomic mass is 16.5. The number of aliphatic hydroxyl groups excluding tert-OH is 1. The zero-order chi connectivity index (χ0) is 22.6. The predicted octanol–water partition coefficient (Wildman–Crippen LogP) is 3.74. The molecule has 0 aliphatic carbocycles. The van der Waals surface area contributed by atoms with Gasteiger partial charge in [-0.25, -0.2) is 0 Å². The summed E-state index contributed by atoms with van der Waals surface area (Å²) in [5.41, 5.74) is 3.50. The summed E-state index contributed by atoms with van der Waals surface area (Å²) in [6, 6.07) is 10.0. The van der Waals surface area contributed by atoms with Gasteiger partial charge in [0.2, 0.25) is 0 Å². The van der Waals surface area contributed by atoms with Gasteiger partial charge in [-0.05, 0) is 62.2 Å². The lowest BCUT2D eigenvalue weighted by Gasteiger charge is -2.26. The third-order valence-electron chi connectivity index (χ3n) is 6.06. The maximum atomic E-state index is 10.5. The van der Waals surface area contributed by atoms with Crippen LogP contribution < -0.4 is 14.8 Å². The SMILES string of the molecule is COc1cc(CNCCc2ncccc2C)ccc1OC[C@H](O)CN1CCCCCCC1. The fourth-order valence-corrected chi connectivity index (χ4v) is 4.19. The lowest BCUT2D eigenvalue weighted by molar-refractivity contribution is 0.0645. The topological polar surface area (TPSA) is 66.8 Å². The van der Waals surface area contributed by atoms with Crippen molar-refractivity contribution in [2.45, 2.75) is 58.1 Å². The first-order chi connectivity index (χ1) is 15.7. The summed E-state index contributed by atoms with van der Waals surface area (Å²) in [6.45, 7) is 6.79. The van der Waals surface area contributed by atoms with Gasteiger partial charge < -0.3 is 24.8 Å². The van der Waals surface area contributed by atoms with Gasteiger partial charge in [0.1, 0.15) is 12.7 Å². The fraction of sp³-hybridized carbons (Fsp3) is 0.577. The maximum absolute atomic E-state index is 10.5. The van der Waals surface area contributed by atoms with Crippen LogP contribution in [0.5, 0.6) is 11.5 Å². The number of nitrogens with zero attached hydrogens (tertiary/aromatic N) is 2. The molecule has 1 aromatic carbocycles. The number of aliphatic hydroxyl groups is 1. The van der Waals surface area contributed by atoms with E-state index < -0.39 is 6.10 Å². The Balaban J connectivity index is 1.43. The first-order valence-corrected chi connectivity index (χ1v) is 12.0. The number of benzene rings is 1. The van der Waals surface area contributed by atoms with Crippen molar-refractivity contribution < 1.29 is 14.6 Å². The largest absolute Gasteiger partial charge is 0.493 e. The van der Waals surface area contributed by atoms with Crippen LogP contribution >= 0.6 is 0 Å². The summed E-state index contributed by atoms with van der Waals surface area (Å²) in [7, 11) is 1.65. The van der Waals surface area contributed by atoms with Crippen LogP contribution in [-0.4, -0.2) is 61.0 Å². The number of ether oxygens (including phenoxy) is 2. The molecule has 6 nitrogen and oxygen atoms in total. The molecule has 0 unspecified atom stereocenters. The van der Waals surface area contributed by atoms with Crippen LogP contribution in [0.3, 0.4) is 0 Å². The maximum Gasteiger partial charge on any atom is 0.161 e. The Morgan fingerprint density at radius 3 is 2.62 bits per heavy atom. The summed E-state index contributed by atoms with van der Waals surface area (Å²) in [5, 5.41) is 13.9. The van der Waals surface area contributed by atoms with Crippen molar-refractivity contribution in [1.82, 2.24) is 15.2 Å². The summed E-state index contributed by atoms with van der Waals surface area (Å²) in [4.78, 5) is 6.81. The van der Waals surface area contributed by atoms with Gasteiger partial charge in [0, 0.05) is 37.9 Å². The second-order valence-corrected chi connectivity index (χ2v) is 8.71. The zero-order valence-corrected chi connectivity index (χ0v) is 19.7. The van der Waals surface area contributed by atoms with Crippen LogP contribution in [0, 0.1) is 6.92 Å². The smallest absolute Gasteiger partial charge is 0.161 e. The monoisotopic (exact) mass is 441 g/mol. The molecular weight excluding hydrogens is 402 g/mol. The summed E-state index contributed by atoms with van der Waals surface area (Å²) in [6.07, 6.45) is 8.62. The van der Waals surface area contributed by atoms with Gasteiger partial charge in [0.05, 0.1) is 7.11 Å². The van der Waals surface area contributed by atoms with E-state index in [0.717, 1.165) is 43.9 Å². The van der Waals surface area contributed by atoms with Crippen LogP contribution in [0.2, 0.25) is 0 Å². The van der Waals surface area contributed by atoms with Gasteiger partial charge in [-0.15, -0.1) is 0 Å². The second-order valence-electron chi connectivity index (χ2n) is 8.71. The molecule has 0 amide bonds. The third kappa shape index (κ3) is 8.08. The highest BCUT2D eigenvalue weighted by Crippen LogP contribution is 2.28. The van der Waals surface area contributed by atoms with E-state index in [-0.39, 0.29) is 6.61 Å². The van der Waals surface area contributed by atoms with Gasteiger partial charge in [-0.1, -0.05) is 31.4 Å². The third-order valence-corrected chi connectivity index (χ3v) is 6.06. The van der Waals surface area contributed by atoms with Gasteiger partial charge in [0.15, 0.2) is 11.5 Å². The molecule has 1 atom stereocenters. The minimum Gasteiger partial charge on any atom is -0.493 e. The molecule has 3 rings (SSSR count). The zero-order valence-electron chi connectivity index (χ0n) is 19.7. The predicted molar refractivity (Wildman–Crippen MR) is 128 cm³/mol. The van der Waals surface area contributed by atoms with E-state index in [1.165, 1.54) is 37.7 Å². The number of methoxy groups -OCH3 is 1. The van der Waals surface area contributed by atoms with E-state index in [9.17, 15) is 5.11 Å². The Hall–Kier alpha value is -2.15. The molecule has 0 saturated carbocycles. The molecule has 0 spiro atoms. The first-order valence-electron chi connectivity index (χ1n) is 12.0. The molecule has 2 heterocycles. The van der Waals surface area contributed by atoms with E-state index in [1.807, 2.05) is 30.5 Å². The molecule has 6 heteroatoms. The van der Waals surface area contributed by atoms with E-state index in [0.29, 0.717) is 18.0 Å². The lowest BCUT2D eigenvalue weighted by atomic mass is 10.1. The minimum absolute atomic E-state index is 0.272. The number of aryl methyl sites for hydroxylation is 1. The fourth-order valence-electron chi connectivity index (χ4n) is 4.19. The van der Waals surface area contributed by atoms with Crippen LogP contribution in [-0.2, 0) is 13.0 Å². The Bertz CT molecular complexity index is 807. The number of pyridine rings is 1. The van der Waals surface area contributed by atoms with Crippen LogP contribution in [0.15, 0.2) is 36.5 Å². The number of β-amino-alcohol motifs (C(OH)–C–C–N with tert-alkyl or cyclic N) is 1. The van der Waals surface area contributed by atoms with E-state index >= 15 is 0 Å². The normalized spacial score (nSPS) is 16.2. The number of aromatic nitrogens is 1. The Morgan fingerprint density at radius 2 is 1.88 bits per heavy atom. The average molecular weight is 442 g/mol. The summed E-state index contributed by atoms with van der Waals surface area (Å²) < 4.78 is 11.4. The molecule has 1 aromatic heterocycles. The van der Waals surface area contributed by atoms with Crippen LogP contribution in [0.25, 0.3) is 0 Å². The van der Waals surface area contributed by atoms with Gasteiger partial charge in [-0.3, -0.25) is 4.98 Å². The number of hydrogen-bond acceptors (Lipinski definition) is 6. The number of hydrogen-bond donors (Lipinski definition) is 2. The average Bonchev–Trinajstić information content (AvgIpc) is 2.78. The number of likely N-dealkylation sites (tertiary alicyclic amines) is 1. The van der Waals surface area contributed by atoms with Crippen molar-refractivity contribution in [3.63, 3.8) is 0 Å². The van der Waals surface area contributed by atoms with Crippen molar-refractivity contribution >= 4 is 0 Å². The van der Waals surface area contributed by atoms with Crippen LogP contribution in [0.4, 0.5) is 0 Å². The molecule has 32 heavy (non-hydrogen) atoms. The minimum atomic E-state index is -0.504. The molecule has 2 N–H and O–H groups in total. The first kappa shape index (κ1) is 24.5. The summed E-state index contributed by atoms with van der Waals surface area (Å²) in [5.74, 6) is 1.37. The van der Waals surface area contributed by atoms with Crippen LogP contribution in [0.1, 0.15) is 48.9 Å². The van der Waals surface area contributed by atoms with Crippen molar-refractivity contribution in [3.05, 3.63) is 53.3 Å². The summed E-state index contributed by atoms with van der Waals surface area (Å²) >= 11 is 0. The highest BCUT2D eigenvalue weighted by Gasteiger charge is 2.15. The van der Waals surface area contributed by atoms with Crippen molar-refractivity contribution in [3.8, 4) is 11.5 Å². The Labute approximate surface area is 193 Å². The van der Waals surface area contributed by atoms with Gasteiger partial charge in [-0.2, -0.15) is 0 Å². The van der Waals surface area contributed by atoms with Crippen molar-refractivity contribution in [2.75, 3.05) is 39.9 Å². The van der Waals surface area contributed by atoms with Gasteiger partial charge >= 0.3 is 0 Å². The molecule has 0 radical (unpaired) electrons. The second kappa shape index (κ2) is 13.4. The molecule has 1 aliphatic heterocycles. The molecule has 1 fully saturated rings. The van der Waals surface area contributed by atoms with E-state index in [1.54, 1.807) is 7.11 Å². The molecule has 1 saturated heterocycles. The lowest BCUT2D eigenvalue weighted by Crippen LogP contribution is -2.37. The molecule has 176 valence electrons. The van der Waals surface area contributed by atoms with Crippen molar-refractivity contribution in [2.24, 2.45) is 0 Å². The quantitative estimate of drug-likeness (QED) is 0.518. The van der Waals surface area contributed by atoms with Gasteiger partial charge in [0.25, 0.3) is 0 Å². The highest BCUT2D eigenvalue weighted by molar-refractivity contribution is 5.43. The number of rotatable bonds is 11. The Morgan fingerprint density at radius 1 is 1.09 bits per heavy atom. The van der Waals surface area contributed by atoms with Crippen molar-refractivity contribution in [1.29, 1.82) is 0 Å². The molecule has 0 bridgehead atoms. The van der Waals surface area contributed by atoms with E-state index in [4.69, 9.17) is 9.47 Å². The number of nitrogens with one attached hydrogen (secondary N) is 1. The van der Waals surface area contributed by atoms with E-state index in [2.05, 4.69) is 28.2 Å². The molecule has 2 aromatic rings. The molecular formula is C26H39N3O3. The standard InChI is InChI=1S/C26H39N3O3/c1-21-9-8-13-28-24(21)12-14-27-18-22-10-11-25(26(17-22)31-2)32-20-23(30)19-29-15-6-4-3-5-7-16-29/h8-11,13,17,23,27,30H,3-7,12,14-16,18-20H2,1-2H3/t23-/m1/s1.